The minimum atomic E-state index is -0.995. The number of ether oxygens (including phenoxy) is 3. The first-order valence-corrected chi connectivity index (χ1v) is 9.27. The number of imidazole rings is 1. The van der Waals surface area contributed by atoms with E-state index < -0.39 is 5.97 Å². The van der Waals surface area contributed by atoms with Crippen LogP contribution in [0.1, 0.15) is 16.2 Å². The van der Waals surface area contributed by atoms with Gasteiger partial charge in [0.05, 0.1) is 23.7 Å². The molecule has 4 rings (SSSR count). The van der Waals surface area contributed by atoms with E-state index in [1.807, 2.05) is 54.1 Å². The van der Waals surface area contributed by atoms with Crippen molar-refractivity contribution in [2.75, 3.05) is 7.11 Å². The molecular formula is C23H20N2O5. The summed E-state index contributed by atoms with van der Waals surface area (Å²) in [5.74, 6) is 2.13. The van der Waals surface area contributed by atoms with Gasteiger partial charge < -0.3 is 23.9 Å². The van der Waals surface area contributed by atoms with Gasteiger partial charge in [0.25, 0.3) is 0 Å². The van der Waals surface area contributed by atoms with Crippen LogP contribution in [0.5, 0.6) is 23.0 Å². The van der Waals surface area contributed by atoms with Gasteiger partial charge in [0.1, 0.15) is 23.9 Å². The van der Waals surface area contributed by atoms with Gasteiger partial charge in [0, 0.05) is 13.1 Å². The number of para-hydroxylation sites is 2. The number of hydrogen-bond acceptors (Lipinski definition) is 5. The Balaban J connectivity index is 1.55. The molecule has 4 aromatic rings. The van der Waals surface area contributed by atoms with E-state index in [0.29, 0.717) is 28.8 Å². The fraction of sp³-hybridized carbons (Fsp3) is 0.130. The molecule has 0 fully saturated rings. The summed E-state index contributed by atoms with van der Waals surface area (Å²) in [4.78, 5) is 15.7. The number of fused-ring (bicyclic) bond motifs is 1. The largest absolute Gasteiger partial charge is 0.493 e. The third kappa shape index (κ3) is 3.91. The van der Waals surface area contributed by atoms with Crippen LogP contribution in [-0.2, 0) is 13.7 Å². The van der Waals surface area contributed by atoms with Crippen molar-refractivity contribution in [3.05, 3.63) is 78.1 Å². The number of carboxylic acids is 1. The second-order valence-electron chi connectivity index (χ2n) is 6.61. The number of carboxylic acid groups (broad SMARTS) is 1. The van der Waals surface area contributed by atoms with Gasteiger partial charge in [-0.05, 0) is 42.5 Å². The molecule has 7 nitrogen and oxygen atoms in total. The van der Waals surface area contributed by atoms with Gasteiger partial charge in [0.15, 0.2) is 11.5 Å². The maximum atomic E-state index is 11.1. The van der Waals surface area contributed by atoms with E-state index in [4.69, 9.17) is 19.3 Å². The fourth-order valence-corrected chi connectivity index (χ4v) is 3.11. The van der Waals surface area contributed by atoms with Crippen molar-refractivity contribution in [2.45, 2.75) is 6.61 Å². The zero-order valence-corrected chi connectivity index (χ0v) is 16.5. The van der Waals surface area contributed by atoms with Crippen molar-refractivity contribution in [3.63, 3.8) is 0 Å². The Kier molecular flexibility index (Phi) is 5.26. The van der Waals surface area contributed by atoms with Crippen LogP contribution in [0.15, 0.2) is 66.7 Å². The molecule has 152 valence electrons. The van der Waals surface area contributed by atoms with Crippen molar-refractivity contribution in [1.29, 1.82) is 0 Å². The van der Waals surface area contributed by atoms with Crippen LogP contribution in [0, 0.1) is 0 Å². The van der Waals surface area contributed by atoms with Crippen molar-refractivity contribution in [3.8, 4) is 23.0 Å². The maximum Gasteiger partial charge on any atom is 0.335 e. The molecule has 1 heterocycles. The van der Waals surface area contributed by atoms with Crippen molar-refractivity contribution < 1.29 is 24.1 Å². The summed E-state index contributed by atoms with van der Waals surface area (Å²) in [6.45, 7) is 0.205. The lowest BCUT2D eigenvalue weighted by molar-refractivity contribution is 0.0696. The third-order valence-electron chi connectivity index (χ3n) is 4.69. The van der Waals surface area contributed by atoms with E-state index in [0.717, 1.165) is 11.0 Å². The molecule has 0 atom stereocenters. The van der Waals surface area contributed by atoms with Crippen LogP contribution in [0.2, 0.25) is 0 Å². The zero-order valence-electron chi connectivity index (χ0n) is 16.5. The topological polar surface area (TPSA) is 82.8 Å². The summed E-state index contributed by atoms with van der Waals surface area (Å²) in [7, 11) is 3.50. The van der Waals surface area contributed by atoms with E-state index in [2.05, 4.69) is 4.98 Å². The maximum absolute atomic E-state index is 11.1. The van der Waals surface area contributed by atoms with Gasteiger partial charge in [-0.25, -0.2) is 9.78 Å². The molecule has 0 aliphatic heterocycles. The molecule has 0 saturated carbocycles. The smallest absolute Gasteiger partial charge is 0.335 e. The third-order valence-corrected chi connectivity index (χ3v) is 4.69. The first-order valence-electron chi connectivity index (χ1n) is 9.27. The summed E-state index contributed by atoms with van der Waals surface area (Å²) in [6.07, 6.45) is 0. The van der Waals surface area contributed by atoms with Gasteiger partial charge in [-0.2, -0.15) is 0 Å². The second-order valence-corrected chi connectivity index (χ2v) is 6.61. The highest BCUT2D eigenvalue weighted by Crippen LogP contribution is 2.32. The number of benzene rings is 3. The van der Waals surface area contributed by atoms with Crippen LogP contribution in [-0.4, -0.2) is 27.7 Å². The molecule has 0 spiro atoms. The summed E-state index contributed by atoms with van der Waals surface area (Å²) < 4.78 is 19.0. The lowest BCUT2D eigenvalue weighted by atomic mass is 10.2. The number of nitrogens with zero attached hydrogens (tertiary/aromatic N) is 2. The minimum Gasteiger partial charge on any atom is -0.493 e. The molecule has 0 aliphatic rings. The SMILES string of the molecule is COc1ccccc1Oc1ccc2nc(COc3cccc(C(=O)O)c3)n(C)c2c1. The van der Waals surface area contributed by atoms with E-state index in [-0.39, 0.29) is 12.2 Å². The molecule has 0 amide bonds. The highest BCUT2D eigenvalue weighted by molar-refractivity contribution is 5.88. The fourth-order valence-electron chi connectivity index (χ4n) is 3.11. The van der Waals surface area contributed by atoms with Crippen LogP contribution < -0.4 is 14.2 Å². The monoisotopic (exact) mass is 404 g/mol. The van der Waals surface area contributed by atoms with Gasteiger partial charge in [-0.1, -0.05) is 18.2 Å². The molecule has 3 aromatic carbocycles. The van der Waals surface area contributed by atoms with Crippen LogP contribution >= 0.6 is 0 Å². The number of methoxy groups -OCH3 is 1. The van der Waals surface area contributed by atoms with Gasteiger partial charge in [-0.15, -0.1) is 0 Å². The Morgan fingerprint density at radius 1 is 1.00 bits per heavy atom. The van der Waals surface area contributed by atoms with Crippen molar-refractivity contribution in [2.24, 2.45) is 7.05 Å². The minimum absolute atomic E-state index is 0.177. The van der Waals surface area contributed by atoms with Gasteiger partial charge in [-0.3, -0.25) is 0 Å². The first-order chi connectivity index (χ1) is 14.5. The molecule has 7 heteroatoms. The highest BCUT2D eigenvalue weighted by Gasteiger charge is 2.12. The molecule has 0 saturated heterocycles. The molecule has 1 N–H and O–H groups in total. The standard InChI is InChI=1S/C23H20N2O5/c1-25-19-13-17(30-21-9-4-3-8-20(21)28-2)10-11-18(19)24-22(25)14-29-16-7-5-6-15(12-16)23(26)27/h3-13H,14H2,1-2H3,(H,26,27). The molecule has 0 radical (unpaired) electrons. The average molecular weight is 404 g/mol. The summed E-state index contributed by atoms with van der Waals surface area (Å²) in [6, 6.07) is 19.5. The molecule has 1 aromatic heterocycles. The Labute approximate surface area is 173 Å². The molecule has 0 bridgehead atoms. The molecule has 30 heavy (non-hydrogen) atoms. The van der Waals surface area contributed by atoms with Crippen LogP contribution in [0.4, 0.5) is 0 Å². The number of aromatic nitrogens is 2. The number of rotatable bonds is 7. The summed E-state index contributed by atoms with van der Waals surface area (Å²) >= 11 is 0. The second kappa shape index (κ2) is 8.16. The summed E-state index contributed by atoms with van der Waals surface area (Å²) in [5, 5.41) is 9.11. The first kappa shape index (κ1) is 19.3. The Hall–Kier alpha value is -4.00. The summed E-state index contributed by atoms with van der Waals surface area (Å²) in [5.41, 5.74) is 1.87. The van der Waals surface area contributed by atoms with Crippen molar-refractivity contribution >= 4 is 17.0 Å². The lowest BCUT2D eigenvalue weighted by Gasteiger charge is -2.10. The normalized spacial score (nSPS) is 10.7. The zero-order chi connectivity index (χ0) is 21.1. The Morgan fingerprint density at radius 2 is 1.80 bits per heavy atom. The van der Waals surface area contributed by atoms with E-state index in [1.165, 1.54) is 12.1 Å². The highest BCUT2D eigenvalue weighted by atomic mass is 16.5. The molecule has 0 unspecified atom stereocenters. The number of hydrogen-bond donors (Lipinski definition) is 1. The molecular weight excluding hydrogens is 384 g/mol. The Morgan fingerprint density at radius 3 is 2.57 bits per heavy atom. The average Bonchev–Trinajstić information content (AvgIpc) is 3.08. The van der Waals surface area contributed by atoms with Gasteiger partial charge in [0.2, 0.25) is 0 Å². The number of aryl methyl sites for hydroxylation is 1. The van der Waals surface area contributed by atoms with E-state index in [9.17, 15) is 4.79 Å². The predicted molar refractivity (Wildman–Crippen MR) is 112 cm³/mol. The lowest BCUT2D eigenvalue weighted by Crippen LogP contribution is -2.04. The molecule has 0 aliphatic carbocycles. The number of aromatic carboxylic acids is 1. The quantitative estimate of drug-likeness (QED) is 0.483. The van der Waals surface area contributed by atoms with E-state index in [1.54, 1.807) is 19.2 Å². The van der Waals surface area contributed by atoms with Crippen LogP contribution in [0.3, 0.4) is 0 Å². The van der Waals surface area contributed by atoms with E-state index >= 15 is 0 Å². The van der Waals surface area contributed by atoms with Gasteiger partial charge >= 0.3 is 5.97 Å². The van der Waals surface area contributed by atoms with Crippen molar-refractivity contribution in [1.82, 2.24) is 9.55 Å². The predicted octanol–water partition coefficient (Wildman–Crippen LogP) is 4.65. The Bertz CT molecular complexity index is 1220. The number of carbonyl (C=O) groups is 1. The van der Waals surface area contributed by atoms with Crippen LogP contribution in [0.25, 0.3) is 11.0 Å².